The minimum Gasteiger partial charge on any atom is -0.441 e. The number of anilines is 1. The van der Waals surface area contributed by atoms with Crippen LogP contribution in [0.5, 0.6) is 0 Å². The SMILES string of the molecule is Nc1c(I)ccc2ncoc12. The summed E-state index contributed by atoms with van der Waals surface area (Å²) in [4.78, 5) is 3.97. The Morgan fingerprint density at radius 2 is 2.27 bits per heavy atom. The van der Waals surface area contributed by atoms with Crippen molar-refractivity contribution in [2.75, 3.05) is 5.73 Å². The van der Waals surface area contributed by atoms with E-state index in [1.54, 1.807) is 0 Å². The number of rotatable bonds is 0. The van der Waals surface area contributed by atoms with Crippen molar-refractivity contribution in [3.05, 3.63) is 22.1 Å². The molecular formula is C7H5IN2O. The second-order valence-electron chi connectivity index (χ2n) is 2.16. The molecule has 2 N–H and O–H groups in total. The third-order valence-electron chi connectivity index (χ3n) is 1.48. The second kappa shape index (κ2) is 2.37. The Morgan fingerprint density at radius 3 is 3.09 bits per heavy atom. The largest absolute Gasteiger partial charge is 0.441 e. The molecule has 0 aliphatic rings. The fourth-order valence-corrected chi connectivity index (χ4v) is 1.35. The highest BCUT2D eigenvalue weighted by molar-refractivity contribution is 14.1. The number of oxazole rings is 1. The molecule has 0 saturated heterocycles. The highest BCUT2D eigenvalue weighted by atomic mass is 127. The van der Waals surface area contributed by atoms with Gasteiger partial charge in [-0.2, -0.15) is 0 Å². The van der Waals surface area contributed by atoms with Gasteiger partial charge < -0.3 is 10.2 Å². The molecule has 1 aromatic heterocycles. The van der Waals surface area contributed by atoms with Gasteiger partial charge in [-0.25, -0.2) is 4.98 Å². The van der Waals surface area contributed by atoms with Crippen molar-refractivity contribution >= 4 is 39.4 Å². The van der Waals surface area contributed by atoms with E-state index in [9.17, 15) is 0 Å². The zero-order chi connectivity index (χ0) is 7.84. The lowest BCUT2D eigenvalue weighted by atomic mass is 10.3. The summed E-state index contributed by atoms with van der Waals surface area (Å²) in [7, 11) is 0. The fraction of sp³-hybridized carbons (Fsp3) is 0. The maximum absolute atomic E-state index is 5.72. The molecule has 0 amide bonds. The Labute approximate surface area is 76.7 Å². The van der Waals surface area contributed by atoms with Gasteiger partial charge in [-0.3, -0.25) is 0 Å². The Morgan fingerprint density at radius 1 is 1.45 bits per heavy atom. The second-order valence-corrected chi connectivity index (χ2v) is 3.32. The normalized spacial score (nSPS) is 10.6. The maximum Gasteiger partial charge on any atom is 0.182 e. The number of benzene rings is 1. The van der Waals surface area contributed by atoms with E-state index in [0.717, 1.165) is 9.09 Å². The van der Waals surface area contributed by atoms with Gasteiger partial charge in [-0.1, -0.05) is 0 Å². The number of nitrogen functional groups attached to an aromatic ring is 1. The highest BCUT2D eigenvalue weighted by Crippen LogP contribution is 2.24. The van der Waals surface area contributed by atoms with Crippen molar-refractivity contribution < 1.29 is 4.42 Å². The highest BCUT2D eigenvalue weighted by Gasteiger charge is 2.04. The molecule has 3 nitrogen and oxygen atoms in total. The Balaban J connectivity index is 2.93. The Bertz CT molecular complexity index is 396. The van der Waals surface area contributed by atoms with Crippen LogP contribution in [0.15, 0.2) is 22.9 Å². The number of nitrogens with two attached hydrogens (primary N) is 1. The van der Waals surface area contributed by atoms with Gasteiger partial charge >= 0.3 is 0 Å². The quantitative estimate of drug-likeness (QED) is 0.582. The summed E-state index contributed by atoms with van der Waals surface area (Å²) < 4.78 is 6.08. The van der Waals surface area contributed by atoms with E-state index in [0.29, 0.717) is 11.3 Å². The van der Waals surface area contributed by atoms with E-state index in [2.05, 4.69) is 27.6 Å². The number of aromatic nitrogens is 1. The molecule has 2 rings (SSSR count). The number of halogens is 1. The molecule has 0 aliphatic carbocycles. The molecule has 4 heteroatoms. The van der Waals surface area contributed by atoms with E-state index >= 15 is 0 Å². The number of hydrogen-bond donors (Lipinski definition) is 1. The number of hydrogen-bond acceptors (Lipinski definition) is 3. The molecule has 0 fully saturated rings. The molecule has 1 heterocycles. The van der Waals surface area contributed by atoms with Crippen LogP contribution < -0.4 is 5.73 Å². The van der Waals surface area contributed by atoms with Gasteiger partial charge in [0.25, 0.3) is 0 Å². The van der Waals surface area contributed by atoms with Gasteiger partial charge in [0.1, 0.15) is 5.52 Å². The van der Waals surface area contributed by atoms with Crippen LogP contribution in [-0.4, -0.2) is 4.98 Å². The molecule has 1 aromatic carbocycles. The lowest BCUT2D eigenvalue weighted by molar-refractivity contribution is 0.603. The van der Waals surface area contributed by atoms with Crippen molar-refractivity contribution in [3.8, 4) is 0 Å². The molecule has 11 heavy (non-hydrogen) atoms. The van der Waals surface area contributed by atoms with Crippen LogP contribution in [0.3, 0.4) is 0 Å². The average molecular weight is 260 g/mol. The third-order valence-corrected chi connectivity index (χ3v) is 2.43. The van der Waals surface area contributed by atoms with Gasteiger partial charge in [0.2, 0.25) is 0 Å². The van der Waals surface area contributed by atoms with Gasteiger partial charge in [-0.15, -0.1) is 0 Å². The standard InChI is InChI=1S/C7H5IN2O/c8-4-1-2-5-7(6(4)9)11-3-10-5/h1-3H,9H2. The monoisotopic (exact) mass is 260 g/mol. The van der Waals surface area contributed by atoms with Crippen LogP contribution in [-0.2, 0) is 0 Å². The first-order chi connectivity index (χ1) is 5.29. The Kier molecular flexibility index (Phi) is 1.49. The summed E-state index contributed by atoms with van der Waals surface area (Å²) in [5, 5.41) is 0. The van der Waals surface area contributed by atoms with Gasteiger partial charge in [0.05, 0.1) is 5.69 Å². The van der Waals surface area contributed by atoms with Crippen molar-refractivity contribution in [2.24, 2.45) is 0 Å². The summed E-state index contributed by atoms with van der Waals surface area (Å²) in [5.41, 5.74) is 7.87. The lowest BCUT2D eigenvalue weighted by Gasteiger charge is -1.95. The summed E-state index contributed by atoms with van der Waals surface area (Å²) in [5.74, 6) is 0. The minimum atomic E-state index is 0.667. The molecule has 0 unspecified atom stereocenters. The summed E-state index contributed by atoms with van der Waals surface area (Å²) in [6.45, 7) is 0. The predicted octanol–water partition coefficient (Wildman–Crippen LogP) is 2.01. The third kappa shape index (κ3) is 0.973. The van der Waals surface area contributed by atoms with Crippen molar-refractivity contribution in [1.82, 2.24) is 4.98 Å². The number of nitrogens with zero attached hydrogens (tertiary/aromatic N) is 1. The van der Waals surface area contributed by atoms with Gasteiger partial charge in [-0.05, 0) is 34.7 Å². The average Bonchev–Trinajstić information content (AvgIpc) is 2.45. The molecule has 0 radical (unpaired) electrons. The van der Waals surface area contributed by atoms with E-state index < -0.39 is 0 Å². The van der Waals surface area contributed by atoms with Crippen LogP contribution >= 0.6 is 22.6 Å². The van der Waals surface area contributed by atoms with Crippen LogP contribution in [0.2, 0.25) is 0 Å². The van der Waals surface area contributed by atoms with Crippen LogP contribution in [0.1, 0.15) is 0 Å². The topological polar surface area (TPSA) is 52.0 Å². The summed E-state index contributed by atoms with van der Waals surface area (Å²) in [6, 6.07) is 3.80. The first-order valence-corrected chi connectivity index (χ1v) is 4.14. The van der Waals surface area contributed by atoms with Crippen molar-refractivity contribution in [1.29, 1.82) is 0 Å². The molecule has 0 bridgehead atoms. The minimum absolute atomic E-state index is 0.667. The summed E-state index contributed by atoms with van der Waals surface area (Å²) >= 11 is 2.16. The zero-order valence-electron chi connectivity index (χ0n) is 5.54. The first-order valence-electron chi connectivity index (χ1n) is 3.06. The molecule has 2 aromatic rings. The fourth-order valence-electron chi connectivity index (χ4n) is 0.925. The Hall–Kier alpha value is -0.780. The predicted molar refractivity (Wildman–Crippen MR) is 51.1 cm³/mol. The maximum atomic E-state index is 5.72. The smallest absolute Gasteiger partial charge is 0.182 e. The van der Waals surface area contributed by atoms with Crippen molar-refractivity contribution in [2.45, 2.75) is 0 Å². The molecule has 0 atom stereocenters. The molecule has 0 saturated carbocycles. The summed E-state index contributed by atoms with van der Waals surface area (Å²) in [6.07, 6.45) is 1.40. The van der Waals surface area contributed by atoms with Gasteiger partial charge in [0.15, 0.2) is 12.0 Å². The van der Waals surface area contributed by atoms with Crippen LogP contribution in [0.25, 0.3) is 11.1 Å². The van der Waals surface area contributed by atoms with Crippen molar-refractivity contribution in [3.63, 3.8) is 0 Å². The first kappa shape index (κ1) is 6.90. The van der Waals surface area contributed by atoms with E-state index in [-0.39, 0.29) is 0 Å². The van der Waals surface area contributed by atoms with E-state index in [1.165, 1.54) is 6.39 Å². The van der Waals surface area contributed by atoms with Gasteiger partial charge in [0, 0.05) is 3.57 Å². The van der Waals surface area contributed by atoms with E-state index in [1.807, 2.05) is 12.1 Å². The van der Waals surface area contributed by atoms with Crippen LogP contribution in [0.4, 0.5) is 5.69 Å². The molecule has 56 valence electrons. The molecular weight excluding hydrogens is 255 g/mol. The zero-order valence-corrected chi connectivity index (χ0v) is 7.70. The van der Waals surface area contributed by atoms with Crippen LogP contribution in [0, 0.1) is 3.57 Å². The lowest BCUT2D eigenvalue weighted by Crippen LogP contribution is -1.88. The molecule has 0 aliphatic heterocycles. The molecule has 0 spiro atoms. The van der Waals surface area contributed by atoms with E-state index in [4.69, 9.17) is 10.2 Å². The number of fused-ring (bicyclic) bond motifs is 1.